The first-order valence-corrected chi connectivity index (χ1v) is 6.21. The zero-order valence-electron chi connectivity index (χ0n) is 10.0. The Kier molecular flexibility index (Phi) is 3.78. The first-order valence-electron chi connectivity index (χ1n) is 6.21. The molecule has 0 saturated carbocycles. The number of hydrogen-bond acceptors (Lipinski definition) is 3. The van der Waals surface area contributed by atoms with Gasteiger partial charge in [0.2, 0.25) is 0 Å². The lowest BCUT2D eigenvalue weighted by atomic mass is 10.0. The fraction of sp³-hybridized carbons (Fsp3) is 0.615. The molecule has 1 fully saturated rings. The van der Waals surface area contributed by atoms with Gasteiger partial charge in [0, 0.05) is 37.2 Å². The average molecular weight is 219 g/mol. The summed E-state index contributed by atoms with van der Waals surface area (Å²) in [6.07, 6.45) is 8.74. The Bertz CT molecular complexity index is 330. The molecule has 2 N–H and O–H groups in total. The summed E-state index contributed by atoms with van der Waals surface area (Å²) in [6, 6.07) is 2.33. The van der Waals surface area contributed by atoms with Crippen LogP contribution in [-0.4, -0.2) is 24.1 Å². The van der Waals surface area contributed by atoms with Crippen LogP contribution in [0.2, 0.25) is 0 Å². The molecule has 1 aliphatic heterocycles. The van der Waals surface area contributed by atoms with Crippen molar-refractivity contribution in [2.24, 2.45) is 5.73 Å². The van der Waals surface area contributed by atoms with Crippen LogP contribution in [-0.2, 0) is 6.42 Å². The van der Waals surface area contributed by atoms with Crippen molar-refractivity contribution in [3.05, 3.63) is 24.0 Å². The van der Waals surface area contributed by atoms with E-state index < -0.39 is 0 Å². The van der Waals surface area contributed by atoms with E-state index in [1.165, 1.54) is 43.6 Å². The van der Waals surface area contributed by atoms with Gasteiger partial charge < -0.3 is 10.6 Å². The van der Waals surface area contributed by atoms with E-state index in [0.29, 0.717) is 0 Å². The predicted molar refractivity (Wildman–Crippen MR) is 67.7 cm³/mol. The van der Waals surface area contributed by atoms with Crippen molar-refractivity contribution in [1.29, 1.82) is 0 Å². The smallest absolute Gasteiger partial charge is 0.0430 e. The van der Waals surface area contributed by atoms with Crippen molar-refractivity contribution in [2.75, 3.05) is 18.0 Å². The van der Waals surface area contributed by atoms with Gasteiger partial charge in [0.1, 0.15) is 0 Å². The summed E-state index contributed by atoms with van der Waals surface area (Å²) >= 11 is 0. The molecule has 0 aromatic carbocycles. The standard InChI is InChI=1S/C13H21N3/c1-11(14)9-12-10-15-6-5-13(12)16-7-3-2-4-8-16/h5-6,10-11H,2-4,7-9,14H2,1H3. The predicted octanol–water partition coefficient (Wildman–Crippen LogP) is 1.96. The van der Waals surface area contributed by atoms with Crippen LogP contribution in [0.4, 0.5) is 5.69 Å². The lowest BCUT2D eigenvalue weighted by Gasteiger charge is -2.30. The van der Waals surface area contributed by atoms with Gasteiger partial charge in [-0.15, -0.1) is 0 Å². The third-order valence-corrected chi connectivity index (χ3v) is 3.12. The fourth-order valence-electron chi connectivity index (χ4n) is 2.37. The number of nitrogens with two attached hydrogens (primary N) is 1. The molecule has 0 spiro atoms. The molecule has 2 heterocycles. The molecular formula is C13H21N3. The van der Waals surface area contributed by atoms with Crippen LogP contribution in [0.1, 0.15) is 31.7 Å². The molecule has 16 heavy (non-hydrogen) atoms. The molecule has 1 atom stereocenters. The van der Waals surface area contributed by atoms with Gasteiger partial charge in [0.25, 0.3) is 0 Å². The van der Waals surface area contributed by atoms with Gasteiger partial charge in [-0.25, -0.2) is 0 Å². The molecule has 0 aliphatic carbocycles. The van der Waals surface area contributed by atoms with Crippen LogP contribution in [0.3, 0.4) is 0 Å². The quantitative estimate of drug-likeness (QED) is 0.845. The maximum atomic E-state index is 5.88. The molecule has 1 aromatic heterocycles. The Morgan fingerprint density at radius 2 is 2.12 bits per heavy atom. The first kappa shape index (κ1) is 11.4. The molecule has 1 saturated heterocycles. The van der Waals surface area contributed by atoms with Crippen LogP contribution in [0, 0.1) is 0 Å². The molecule has 1 aromatic rings. The van der Waals surface area contributed by atoms with Crippen LogP contribution in [0.15, 0.2) is 18.5 Å². The largest absolute Gasteiger partial charge is 0.371 e. The van der Waals surface area contributed by atoms with Gasteiger partial charge in [-0.05, 0) is 44.2 Å². The van der Waals surface area contributed by atoms with E-state index in [1.54, 1.807) is 0 Å². The minimum Gasteiger partial charge on any atom is -0.371 e. The van der Waals surface area contributed by atoms with E-state index in [9.17, 15) is 0 Å². The van der Waals surface area contributed by atoms with Crippen molar-refractivity contribution < 1.29 is 0 Å². The molecule has 88 valence electrons. The summed E-state index contributed by atoms with van der Waals surface area (Å²) < 4.78 is 0. The fourth-order valence-corrected chi connectivity index (χ4v) is 2.37. The van der Waals surface area contributed by atoms with E-state index in [1.807, 2.05) is 19.3 Å². The van der Waals surface area contributed by atoms with Gasteiger partial charge in [-0.3, -0.25) is 4.98 Å². The van der Waals surface area contributed by atoms with E-state index in [2.05, 4.69) is 16.0 Å². The number of piperidine rings is 1. The van der Waals surface area contributed by atoms with Crippen molar-refractivity contribution in [2.45, 2.75) is 38.6 Å². The summed E-state index contributed by atoms with van der Waals surface area (Å²) in [7, 11) is 0. The zero-order chi connectivity index (χ0) is 11.4. The Morgan fingerprint density at radius 1 is 1.38 bits per heavy atom. The maximum Gasteiger partial charge on any atom is 0.0430 e. The number of hydrogen-bond donors (Lipinski definition) is 1. The molecule has 3 nitrogen and oxygen atoms in total. The minimum absolute atomic E-state index is 0.202. The lowest BCUT2D eigenvalue weighted by Crippen LogP contribution is -2.31. The highest BCUT2D eigenvalue weighted by molar-refractivity contribution is 5.52. The molecule has 0 amide bonds. The summed E-state index contributed by atoms with van der Waals surface area (Å²) in [6.45, 7) is 4.40. The molecule has 0 radical (unpaired) electrons. The van der Waals surface area contributed by atoms with Crippen molar-refractivity contribution in [3.8, 4) is 0 Å². The number of pyridine rings is 1. The van der Waals surface area contributed by atoms with E-state index in [0.717, 1.165) is 6.42 Å². The number of aromatic nitrogens is 1. The van der Waals surface area contributed by atoms with Crippen LogP contribution >= 0.6 is 0 Å². The Hall–Kier alpha value is -1.09. The number of anilines is 1. The normalized spacial score (nSPS) is 18.5. The number of nitrogens with zero attached hydrogens (tertiary/aromatic N) is 2. The minimum atomic E-state index is 0.202. The molecule has 1 aliphatic rings. The lowest BCUT2D eigenvalue weighted by molar-refractivity contribution is 0.575. The van der Waals surface area contributed by atoms with Gasteiger partial charge >= 0.3 is 0 Å². The highest BCUT2D eigenvalue weighted by Crippen LogP contribution is 2.23. The zero-order valence-corrected chi connectivity index (χ0v) is 10.0. The highest BCUT2D eigenvalue weighted by Gasteiger charge is 2.14. The van der Waals surface area contributed by atoms with E-state index >= 15 is 0 Å². The van der Waals surface area contributed by atoms with Crippen LogP contribution < -0.4 is 10.6 Å². The second-order valence-electron chi connectivity index (χ2n) is 4.73. The van der Waals surface area contributed by atoms with Crippen molar-refractivity contribution >= 4 is 5.69 Å². The van der Waals surface area contributed by atoms with Crippen LogP contribution in [0.5, 0.6) is 0 Å². The summed E-state index contributed by atoms with van der Waals surface area (Å²) in [5, 5.41) is 0. The van der Waals surface area contributed by atoms with E-state index in [-0.39, 0.29) is 6.04 Å². The third kappa shape index (κ3) is 2.73. The van der Waals surface area contributed by atoms with Crippen molar-refractivity contribution in [1.82, 2.24) is 4.98 Å². The Labute approximate surface area is 97.7 Å². The molecule has 0 bridgehead atoms. The Morgan fingerprint density at radius 3 is 2.81 bits per heavy atom. The summed E-state index contributed by atoms with van der Waals surface area (Å²) in [4.78, 5) is 6.69. The molecular weight excluding hydrogens is 198 g/mol. The monoisotopic (exact) mass is 219 g/mol. The van der Waals surface area contributed by atoms with Gasteiger partial charge in [-0.2, -0.15) is 0 Å². The SMILES string of the molecule is CC(N)Cc1cnccc1N1CCCCC1. The van der Waals surface area contributed by atoms with Gasteiger partial charge in [-0.1, -0.05) is 0 Å². The second-order valence-corrected chi connectivity index (χ2v) is 4.73. The van der Waals surface area contributed by atoms with Crippen molar-refractivity contribution in [3.63, 3.8) is 0 Å². The average Bonchev–Trinajstić information content (AvgIpc) is 2.30. The second kappa shape index (κ2) is 5.30. The first-order chi connectivity index (χ1) is 7.77. The van der Waals surface area contributed by atoms with E-state index in [4.69, 9.17) is 5.73 Å². The molecule has 1 unspecified atom stereocenters. The number of rotatable bonds is 3. The Balaban J connectivity index is 2.17. The van der Waals surface area contributed by atoms with Gasteiger partial charge in [0.15, 0.2) is 0 Å². The maximum absolute atomic E-state index is 5.88. The summed E-state index contributed by atoms with van der Waals surface area (Å²) in [5.74, 6) is 0. The van der Waals surface area contributed by atoms with Gasteiger partial charge in [0.05, 0.1) is 0 Å². The third-order valence-electron chi connectivity index (χ3n) is 3.12. The topological polar surface area (TPSA) is 42.1 Å². The molecule has 2 rings (SSSR count). The molecule has 3 heteroatoms. The van der Waals surface area contributed by atoms with Crippen LogP contribution in [0.25, 0.3) is 0 Å². The summed E-state index contributed by atoms with van der Waals surface area (Å²) in [5.41, 5.74) is 8.51. The highest BCUT2D eigenvalue weighted by atomic mass is 15.1.